The standard InChI is InChI=1S/C9H15NO3S2/c1-15(11,12)6-5-14-9(7-10)8-3-2-4-13-8/h2-4,9H,5-7,10H2,1H3. The van der Waals surface area contributed by atoms with Gasteiger partial charge in [0.05, 0.1) is 17.3 Å². The fourth-order valence-corrected chi connectivity index (χ4v) is 3.40. The van der Waals surface area contributed by atoms with E-state index in [4.69, 9.17) is 10.2 Å². The number of nitrogens with two attached hydrogens (primary N) is 1. The summed E-state index contributed by atoms with van der Waals surface area (Å²) in [6, 6.07) is 3.65. The van der Waals surface area contributed by atoms with Gasteiger partial charge in [-0.15, -0.1) is 11.8 Å². The molecule has 15 heavy (non-hydrogen) atoms. The summed E-state index contributed by atoms with van der Waals surface area (Å²) >= 11 is 1.51. The lowest BCUT2D eigenvalue weighted by Crippen LogP contribution is -2.12. The molecule has 0 saturated carbocycles. The van der Waals surface area contributed by atoms with Crippen molar-refractivity contribution >= 4 is 21.6 Å². The fraction of sp³-hybridized carbons (Fsp3) is 0.556. The Morgan fingerprint density at radius 3 is 2.80 bits per heavy atom. The third-order valence-corrected chi connectivity index (χ3v) is 4.32. The summed E-state index contributed by atoms with van der Waals surface area (Å²) in [6.45, 7) is 0.446. The maximum Gasteiger partial charge on any atom is 0.148 e. The van der Waals surface area contributed by atoms with Crippen molar-refractivity contribution in [3.05, 3.63) is 24.2 Å². The Hall–Kier alpha value is -0.460. The fourth-order valence-electron chi connectivity index (χ4n) is 1.08. The van der Waals surface area contributed by atoms with Crippen molar-refractivity contribution in [2.75, 3.05) is 24.3 Å². The molecule has 0 spiro atoms. The molecule has 0 aliphatic rings. The summed E-state index contributed by atoms with van der Waals surface area (Å²) < 4.78 is 27.1. The molecule has 2 N–H and O–H groups in total. The predicted molar refractivity (Wildman–Crippen MR) is 62.7 cm³/mol. The van der Waals surface area contributed by atoms with E-state index in [-0.39, 0.29) is 11.0 Å². The number of thioether (sulfide) groups is 1. The van der Waals surface area contributed by atoms with Crippen molar-refractivity contribution in [3.63, 3.8) is 0 Å². The highest BCUT2D eigenvalue weighted by Gasteiger charge is 2.13. The first kappa shape index (κ1) is 12.6. The zero-order chi connectivity index (χ0) is 11.3. The maximum atomic E-state index is 10.9. The Bertz CT molecular complexity index is 372. The van der Waals surface area contributed by atoms with E-state index in [0.717, 1.165) is 5.76 Å². The van der Waals surface area contributed by atoms with Gasteiger partial charge in [0.2, 0.25) is 0 Å². The molecule has 0 saturated heterocycles. The lowest BCUT2D eigenvalue weighted by molar-refractivity contribution is 0.507. The zero-order valence-corrected chi connectivity index (χ0v) is 10.2. The van der Waals surface area contributed by atoms with E-state index >= 15 is 0 Å². The smallest absolute Gasteiger partial charge is 0.148 e. The van der Waals surface area contributed by atoms with Crippen molar-refractivity contribution in [1.29, 1.82) is 0 Å². The van der Waals surface area contributed by atoms with E-state index in [1.807, 2.05) is 6.07 Å². The molecular weight excluding hydrogens is 234 g/mol. The molecule has 0 aliphatic heterocycles. The van der Waals surface area contributed by atoms with Gasteiger partial charge in [-0.3, -0.25) is 0 Å². The van der Waals surface area contributed by atoms with Gasteiger partial charge in [0.25, 0.3) is 0 Å². The van der Waals surface area contributed by atoms with Crippen LogP contribution in [0.2, 0.25) is 0 Å². The van der Waals surface area contributed by atoms with Crippen LogP contribution in [0.3, 0.4) is 0 Å². The van der Waals surface area contributed by atoms with Crippen LogP contribution in [0.15, 0.2) is 22.8 Å². The Balaban J connectivity index is 2.42. The van der Waals surface area contributed by atoms with Gasteiger partial charge in [-0.25, -0.2) is 8.42 Å². The Kier molecular flexibility index (Phi) is 4.69. The predicted octanol–water partition coefficient (Wildman–Crippen LogP) is 1.06. The molecule has 1 rings (SSSR count). The topological polar surface area (TPSA) is 73.3 Å². The van der Waals surface area contributed by atoms with Gasteiger partial charge in [0.15, 0.2) is 0 Å². The third kappa shape index (κ3) is 4.72. The first-order valence-corrected chi connectivity index (χ1v) is 7.66. The van der Waals surface area contributed by atoms with Crippen LogP contribution >= 0.6 is 11.8 Å². The average molecular weight is 249 g/mol. The molecule has 1 unspecified atom stereocenters. The molecule has 1 atom stereocenters. The molecular formula is C9H15NO3S2. The number of sulfone groups is 1. The van der Waals surface area contributed by atoms with Crippen LogP contribution in [0, 0.1) is 0 Å². The van der Waals surface area contributed by atoms with Crippen LogP contribution in [0.1, 0.15) is 11.0 Å². The maximum absolute atomic E-state index is 10.9. The second-order valence-corrected chi connectivity index (χ2v) is 6.81. The highest BCUT2D eigenvalue weighted by atomic mass is 32.2. The summed E-state index contributed by atoms with van der Waals surface area (Å²) in [5.74, 6) is 1.52. The normalized spacial score (nSPS) is 14.0. The molecule has 86 valence electrons. The minimum Gasteiger partial charge on any atom is -0.468 e. The van der Waals surface area contributed by atoms with Gasteiger partial charge >= 0.3 is 0 Å². The van der Waals surface area contributed by atoms with E-state index in [9.17, 15) is 8.42 Å². The molecule has 1 aromatic rings. The molecule has 0 bridgehead atoms. The van der Waals surface area contributed by atoms with Gasteiger partial charge in [0, 0.05) is 18.6 Å². The summed E-state index contributed by atoms with van der Waals surface area (Å²) in [6.07, 6.45) is 2.83. The van der Waals surface area contributed by atoms with Gasteiger partial charge in [-0.05, 0) is 12.1 Å². The van der Waals surface area contributed by atoms with E-state index < -0.39 is 9.84 Å². The van der Waals surface area contributed by atoms with Gasteiger partial charge in [-0.1, -0.05) is 0 Å². The van der Waals surface area contributed by atoms with Crippen LogP contribution in [-0.2, 0) is 9.84 Å². The summed E-state index contributed by atoms with van der Waals surface area (Å²) in [5, 5.41) is 0.0433. The van der Waals surface area contributed by atoms with E-state index in [1.165, 1.54) is 18.0 Å². The minimum atomic E-state index is -2.89. The van der Waals surface area contributed by atoms with Crippen LogP contribution in [0.5, 0.6) is 0 Å². The lowest BCUT2D eigenvalue weighted by Gasteiger charge is -2.10. The molecule has 1 heterocycles. The van der Waals surface area contributed by atoms with Crippen LogP contribution < -0.4 is 5.73 Å². The summed E-state index contributed by atoms with van der Waals surface area (Å²) in [7, 11) is -2.89. The lowest BCUT2D eigenvalue weighted by atomic mass is 10.3. The molecule has 6 heteroatoms. The Labute approximate surface area is 94.1 Å². The second-order valence-electron chi connectivity index (χ2n) is 3.24. The summed E-state index contributed by atoms with van der Waals surface area (Å²) in [4.78, 5) is 0. The molecule has 0 amide bonds. The van der Waals surface area contributed by atoms with Crippen molar-refractivity contribution in [3.8, 4) is 0 Å². The first-order valence-electron chi connectivity index (χ1n) is 4.55. The summed E-state index contributed by atoms with van der Waals surface area (Å²) in [5.41, 5.74) is 5.58. The molecule has 0 fully saturated rings. The van der Waals surface area contributed by atoms with Gasteiger partial charge in [-0.2, -0.15) is 0 Å². The highest BCUT2D eigenvalue weighted by molar-refractivity contribution is 8.00. The molecule has 0 radical (unpaired) electrons. The second kappa shape index (κ2) is 5.58. The highest BCUT2D eigenvalue weighted by Crippen LogP contribution is 2.27. The van der Waals surface area contributed by atoms with Crippen molar-refractivity contribution in [2.24, 2.45) is 5.73 Å². The number of hydrogen-bond donors (Lipinski definition) is 1. The quantitative estimate of drug-likeness (QED) is 0.816. The molecule has 0 aliphatic carbocycles. The first-order chi connectivity index (χ1) is 7.03. The largest absolute Gasteiger partial charge is 0.468 e. The van der Waals surface area contributed by atoms with Crippen molar-refractivity contribution in [2.45, 2.75) is 5.25 Å². The van der Waals surface area contributed by atoms with Gasteiger partial charge in [0.1, 0.15) is 15.6 Å². The van der Waals surface area contributed by atoms with E-state index in [0.29, 0.717) is 12.3 Å². The molecule has 4 nitrogen and oxygen atoms in total. The Morgan fingerprint density at radius 2 is 2.33 bits per heavy atom. The van der Waals surface area contributed by atoms with Gasteiger partial charge < -0.3 is 10.2 Å². The number of furan rings is 1. The Morgan fingerprint density at radius 1 is 1.60 bits per heavy atom. The van der Waals surface area contributed by atoms with Crippen LogP contribution in [0.4, 0.5) is 0 Å². The molecule has 1 aromatic heterocycles. The zero-order valence-electron chi connectivity index (χ0n) is 8.55. The number of hydrogen-bond acceptors (Lipinski definition) is 5. The SMILES string of the molecule is CS(=O)(=O)CCSC(CN)c1ccco1. The van der Waals surface area contributed by atoms with E-state index in [1.54, 1.807) is 12.3 Å². The van der Waals surface area contributed by atoms with Crippen LogP contribution in [0.25, 0.3) is 0 Å². The van der Waals surface area contributed by atoms with Crippen LogP contribution in [-0.4, -0.2) is 32.7 Å². The number of rotatable bonds is 6. The third-order valence-electron chi connectivity index (χ3n) is 1.85. The van der Waals surface area contributed by atoms with Crippen molar-refractivity contribution < 1.29 is 12.8 Å². The molecule has 0 aromatic carbocycles. The van der Waals surface area contributed by atoms with E-state index in [2.05, 4.69) is 0 Å². The minimum absolute atomic E-state index is 0.0433. The average Bonchev–Trinajstić information content (AvgIpc) is 2.63. The monoisotopic (exact) mass is 249 g/mol. The van der Waals surface area contributed by atoms with Crippen molar-refractivity contribution in [1.82, 2.24) is 0 Å².